The maximum Gasteiger partial charge on any atom is 0.287 e. The second kappa shape index (κ2) is 5.00. The van der Waals surface area contributed by atoms with Crippen LogP contribution in [-0.2, 0) is 0 Å². The number of halogens is 1. The Morgan fingerprint density at radius 2 is 2.26 bits per heavy atom. The first-order valence-electron chi connectivity index (χ1n) is 6.62. The first-order chi connectivity index (χ1) is 9.13. The minimum absolute atomic E-state index is 0.109. The Morgan fingerprint density at radius 1 is 1.42 bits per heavy atom. The Labute approximate surface area is 120 Å². The van der Waals surface area contributed by atoms with Gasteiger partial charge in [0.15, 0.2) is 5.76 Å². The molecule has 3 nitrogen and oxygen atoms in total. The van der Waals surface area contributed by atoms with Gasteiger partial charge in [0, 0.05) is 11.4 Å². The Morgan fingerprint density at radius 3 is 2.95 bits per heavy atom. The summed E-state index contributed by atoms with van der Waals surface area (Å²) < 4.78 is 6.51. The van der Waals surface area contributed by atoms with Gasteiger partial charge in [0.05, 0.1) is 4.47 Å². The fraction of sp³-hybridized carbons (Fsp3) is 0.400. The van der Waals surface area contributed by atoms with Crippen molar-refractivity contribution in [2.45, 2.75) is 32.2 Å². The van der Waals surface area contributed by atoms with Crippen molar-refractivity contribution in [2.24, 2.45) is 5.92 Å². The summed E-state index contributed by atoms with van der Waals surface area (Å²) in [6.07, 6.45) is 3.32. The molecule has 4 heteroatoms. The molecule has 0 saturated heterocycles. The Balaban J connectivity index is 1.80. The van der Waals surface area contributed by atoms with Gasteiger partial charge in [0.1, 0.15) is 5.58 Å². The number of para-hydroxylation sites is 1. The van der Waals surface area contributed by atoms with E-state index in [1.165, 1.54) is 6.42 Å². The number of amides is 1. The van der Waals surface area contributed by atoms with Crippen LogP contribution >= 0.6 is 15.9 Å². The molecule has 1 fully saturated rings. The molecule has 1 aromatic heterocycles. The molecule has 1 aliphatic carbocycles. The van der Waals surface area contributed by atoms with Crippen LogP contribution in [0.5, 0.6) is 0 Å². The monoisotopic (exact) mass is 321 g/mol. The molecule has 0 bridgehead atoms. The van der Waals surface area contributed by atoms with E-state index in [1.54, 1.807) is 6.07 Å². The van der Waals surface area contributed by atoms with E-state index in [4.69, 9.17) is 4.42 Å². The second-order valence-electron chi connectivity index (χ2n) is 5.36. The summed E-state index contributed by atoms with van der Waals surface area (Å²) in [5.74, 6) is 0.985. The van der Waals surface area contributed by atoms with Gasteiger partial charge in [-0.2, -0.15) is 0 Å². The molecule has 1 aromatic carbocycles. The van der Waals surface area contributed by atoms with Crippen LogP contribution in [-0.4, -0.2) is 11.9 Å². The second-order valence-corrected chi connectivity index (χ2v) is 6.21. The lowest BCUT2D eigenvalue weighted by molar-refractivity contribution is 0.0911. The van der Waals surface area contributed by atoms with E-state index in [0.717, 1.165) is 28.3 Å². The molecule has 2 unspecified atom stereocenters. The van der Waals surface area contributed by atoms with Crippen molar-refractivity contribution in [3.05, 3.63) is 34.5 Å². The van der Waals surface area contributed by atoms with Crippen molar-refractivity contribution >= 4 is 32.8 Å². The third kappa shape index (κ3) is 2.54. The average molecular weight is 322 g/mol. The van der Waals surface area contributed by atoms with Gasteiger partial charge in [-0.15, -0.1) is 0 Å². The molecule has 2 aromatic rings. The number of rotatable bonds is 2. The molecule has 100 valence electrons. The maximum atomic E-state index is 12.2. The number of nitrogens with one attached hydrogen (secondary N) is 1. The summed E-state index contributed by atoms with van der Waals surface area (Å²) in [5.41, 5.74) is 0.729. The van der Waals surface area contributed by atoms with E-state index < -0.39 is 0 Å². The lowest BCUT2D eigenvalue weighted by Crippen LogP contribution is -2.32. The van der Waals surface area contributed by atoms with Crippen LogP contribution in [0.2, 0.25) is 0 Å². The van der Waals surface area contributed by atoms with Crippen LogP contribution < -0.4 is 5.32 Å². The standard InChI is InChI=1S/C15H16BrNO2/c1-9-5-6-11(7-9)17-15(18)13-8-10-3-2-4-12(16)14(10)19-13/h2-4,8-9,11H,5-7H2,1H3,(H,17,18). The highest BCUT2D eigenvalue weighted by Gasteiger charge is 2.24. The average Bonchev–Trinajstić information content (AvgIpc) is 2.96. The molecule has 0 radical (unpaired) electrons. The molecule has 0 spiro atoms. The Hall–Kier alpha value is -1.29. The predicted octanol–water partition coefficient (Wildman–Crippen LogP) is 4.11. The predicted molar refractivity (Wildman–Crippen MR) is 78.2 cm³/mol. The summed E-state index contributed by atoms with van der Waals surface area (Å²) in [5, 5.41) is 4.00. The molecular weight excluding hydrogens is 306 g/mol. The lowest BCUT2D eigenvalue weighted by Gasteiger charge is -2.10. The van der Waals surface area contributed by atoms with Crippen LogP contribution in [0.4, 0.5) is 0 Å². The minimum Gasteiger partial charge on any atom is -0.450 e. The van der Waals surface area contributed by atoms with Gasteiger partial charge in [0.25, 0.3) is 5.91 Å². The smallest absolute Gasteiger partial charge is 0.287 e. The molecule has 1 saturated carbocycles. The topological polar surface area (TPSA) is 42.2 Å². The zero-order valence-electron chi connectivity index (χ0n) is 10.8. The lowest BCUT2D eigenvalue weighted by atomic mass is 10.1. The van der Waals surface area contributed by atoms with E-state index >= 15 is 0 Å². The van der Waals surface area contributed by atoms with Crippen molar-refractivity contribution in [2.75, 3.05) is 0 Å². The molecular formula is C15H16BrNO2. The van der Waals surface area contributed by atoms with Crippen LogP contribution in [0.3, 0.4) is 0 Å². The van der Waals surface area contributed by atoms with Crippen molar-refractivity contribution in [3.63, 3.8) is 0 Å². The van der Waals surface area contributed by atoms with Gasteiger partial charge >= 0.3 is 0 Å². The van der Waals surface area contributed by atoms with E-state index in [9.17, 15) is 4.79 Å². The number of carbonyl (C=O) groups is 1. The summed E-state index contributed by atoms with van der Waals surface area (Å²) in [4.78, 5) is 12.2. The zero-order chi connectivity index (χ0) is 13.4. The van der Waals surface area contributed by atoms with Crippen LogP contribution in [0.15, 0.2) is 33.2 Å². The highest BCUT2D eigenvalue weighted by molar-refractivity contribution is 9.10. The van der Waals surface area contributed by atoms with Gasteiger partial charge in [-0.1, -0.05) is 19.1 Å². The zero-order valence-corrected chi connectivity index (χ0v) is 12.4. The highest BCUT2D eigenvalue weighted by atomic mass is 79.9. The van der Waals surface area contributed by atoms with Crippen molar-refractivity contribution in [3.8, 4) is 0 Å². The van der Waals surface area contributed by atoms with Crippen molar-refractivity contribution in [1.82, 2.24) is 5.32 Å². The molecule has 3 rings (SSSR count). The summed E-state index contributed by atoms with van der Waals surface area (Å²) >= 11 is 3.43. The van der Waals surface area contributed by atoms with E-state index in [2.05, 4.69) is 28.2 Å². The summed E-state index contributed by atoms with van der Waals surface area (Å²) in [6.45, 7) is 2.23. The fourth-order valence-corrected chi connectivity index (χ4v) is 3.20. The maximum absolute atomic E-state index is 12.2. The van der Waals surface area contributed by atoms with Gasteiger partial charge in [-0.05, 0) is 53.2 Å². The highest BCUT2D eigenvalue weighted by Crippen LogP contribution is 2.28. The van der Waals surface area contributed by atoms with E-state index in [1.807, 2.05) is 18.2 Å². The number of furan rings is 1. The van der Waals surface area contributed by atoms with Crippen molar-refractivity contribution in [1.29, 1.82) is 0 Å². The molecule has 0 aliphatic heterocycles. The number of fused-ring (bicyclic) bond motifs is 1. The Kier molecular flexibility index (Phi) is 3.35. The van der Waals surface area contributed by atoms with Crippen LogP contribution in [0.25, 0.3) is 11.0 Å². The molecule has 1 amide bonds. The SMILES string of the molecule is CC1CCC(NC(=O)c2cc3cccc(Br)c3o2)C1. The Bertz CT molecular complexity index is 620. The first kappa shape index (κ1) is 12.7. The normalized spacial score (nSPS) is 22.8. The van der Waals surface area contributed by atoms with Gasteiger partial charge in [-0.3, -0.25) is 4.79 Å². The third-order valence-corrected chi connectivity index (χ3v) is 4.37. The summed E-state index contributed by atoms with van der Waals surface area (Å²) in [6, 6.07) is 7.87. The van der Waals surface area contributed by atoms with E-state index in [0.29, 0.717) is 17.7 Å². The van der Waals surface area contributed by atoms with Crippen LogP contribution in [0.1, 0.15) is 36.7 Å². The molecule has 2 atom stereocenters. The van der Waals surface area contributed by atoms with Gasteiger partial charge in [-0.25, -0.2) is 0 Å². The van der Waals surface area contributed by atoms with Crippen molar-refractivity contribution < 1.29 is 9.21 Å². The number of hydrogen-bond donors (Lipinski definition) is 1. The summed E-state index contributed by atoms with van der Waals surface area (Å²) in [7, 11) is 0. The molecule has 1 N–H and O–H groups in total. The quantitative estimate of drug-likeness (QED) is 0.904. The third-order valence-electron chi connectivity index (χ3n) is 3.75. The largest absolute Gasteiger partial charge is 0.450 e. The molecule has 19 heavy (non-hydrogen) atoms. The minimum atomic E-state index is -0.109. The molecule has 1 heterocycles. The number of carbonyl (C=O) groups excluding carboxylic acids is 1. The van der Waals surface area contributed by atoms with Gasteiger partial charge in [0.2, 0.25) is 0 Å². The van der Waals surface area contributed by atoms with Gasteiger partial charge < -0.3 is 9.73 Å². The first-order valence-corrected chi connectivity index (χ1v) is 7.41. The fourth-order valence-electron chi connectivity index (χ4n) is 2.73. The van der Waals surface area contributed by atoms with E-state index in [-0.39, 0.29) is 5.91 Å². The number of benzene rings is 1. The molecule has 1 aliphatic rings. The number of hydrogen-bond acceptors (Lipinski definition) is 2. The van der Waals surface area contributed by atoms with Crippen LogP contribution in [0, 0.1) is 5.92 Å².